The molecule has 2 aromatic rings. The number of hydrogen-bond acceptors (Lipinski definition) is 7. The van der Waals surface area contributed by atoms with E-state index in [1.165, 1.54) is 29.7 Å². The fourth-order valence-corrected chi connectivity index (χ4v) is 2.93. The van der Waals surface area contributed by atoms with Gasteiger partial charge in [-0.05, 0) is 36.1 Å². The van der Waals surface area contributed by atoms with Crippen molar-refractivity contribution in [3.8, 4) is 0 Å². The maximum atomic E-state index is 11.2. The SMILES string of the molecule is Cc1ccsc1/C=N/Nc1ccc(S(N)(=O)=O)cc1[N+](=O)[O-]. The van der Waals surface area contributed by atoms with E-state index < -0.39 is 20.6 Å². The lowest BCUT2D eigenvalue weighted by molar-refractivity contribution is -0.384. The van der Waals surface area contributed by atoms with Crippen molar-refractivity contribution in [2.24, 2.45) is 10.2 Å². The Bertz CT molecular complexity index is 843. The monoisotopic (exact) mass is 340 g/mol. The summed E-state index contributed by atoms with van der Waals surface area (Å²) < 4.78 is 22.5. The fourth-order valence-electron chi connectivity index (χ4n) is 1.61. The first-order valence-corrected chi connectivity index (χ1v) is 8.36. The molecule has 0 bridgehead atoms. The molecule has 1 aromatic carbocycles. The lowest BCUT2D eigenvalue weighted by Crippen LogP contribution is -2.12. The van der Waals surface area contributed by atoms with Crippen LogP contribution in [0, 0.1) is 17.0 Å². The molecule has 0 aliphatic heterocycles. The Morgan fingerprint density at radius 2 is 2.14 bits per heavy atom. The van der Waals surface area contributed by atoms with Gasteiger partial charge in [0.25, 0.3) is 5.69 Å². The van der Waals surface area contributed by atoms with Gasteiger partial charge >= 0.3 is 0 Å². The zero-order valence-corrected chi connectivity index (χ0v) is 13.0. The van der Waals surface area contributed by atoms with Gasteiger partial charge in [0.2, 0.25) is 10.0 Å². The number of hydrogen-bond donors (Lipinski definition) is 2. The van der Waals surface area contributed by atoms with E-state index in [4.69, 9.17) is 5.14 Å². The topological polar surface area (TPSA) is 128 Å². The molecule has 1 heterocycles. The molecule has 116 valence electrons. The summed E-state index contributed by atoms with van der Waals surface area (Å²) in [5, 5.41) is 21.8. The summed E-state index contributed by atoms with van der Waals surface area (Å²) in [4.78, 5) is 10.9. The highest BCUT2D eigenvalue weighted by Crippen LogP contribution is 2.27. The molecule has 10 heteroatoms. The molecule has 2 rings (SSSR count). The second kappa shape index (κ2) is 6.22. The van der Waals surface area contributed by atoms with E-state index in [1.807, 2.05) is 18.4 Å². The van der Waals surface area contributed by atoms with Crippen molar-refractivity contribution in [1.29, 1.82) is 0 Å². The van der Waals surface area contributed by atoms with E-state index in [2.05, 4.69) is 10.5 Å². The highest BCUT2D eigenvalue weighted by atomic mass is 32.2. The van der Waals surface area contributed by atoms with Gasteiger partial charge in [-0.25, -0.2) is 13.6 Å². The molecular formula is C12H12N4O4S2. The fraction of sp³-hybridized carbons (Fsp3) is 0.0833. The van der Waals surface area contributed by atoms with Crippen molar-refractivity contribution >= 4 is 38.9 Å². The standard InChI is InChI=1S/C12H12N4O4S2/c1-8-4-5-21-12(8)7-14-15-10-3-2-9(22(13,19)20)6-11(10)16(17)18/h2-7,15H,1H3,(H2,13,19,20)/b14-7+. The Balaban J connectivity index is 2.29. The molecule has 0 saturated carbocycles. The van der Waals surface area contributed by atoms with Crippen LogP contribution in [0.5, 0.6) is 0 Å². The Morgan fingerprint density at radius 3 is 2.68 bits per heavy atom. The summed E-state index contributed by atoms with van der Waals surface area (Å²) in [6.07, 6.45) is 1.54. The molecule has 0 aliphatic carbocycles. The van der Waals surface area contributed by atoms with Crippen molar-refractivity contribution in [2.75, 3.05) is 5.43 Å². The van der Waals surface area contributed by atoms with E-state index in [9.17, 15) is 18.5 Å². The maximum absolute atomic E-state index is 11.2. The summed E-state index contributed by atoms with van der Waals surface area (Å²) in [6.45, 7) is 1.92. The van der Waals surface area contributed by atoms with Crippen molar-refractivity contribution < 1.29 is 13.3 Å². The molecule has 0 unspecified atom stereocenters. The van der Waals surface area contributed by atoms with Gasteiger partial charge in [0.1, 0.15) is 5.69 Å². The molecule has 0 fully saturated rings. The van der Waals surface area contributed by atoms with Crippen molar-refractivity contribution in [2.45, 2.75) is 11.8 Å². The highest BCUT2D eigenvalue weighted by molar-refractivity contribution is 7.89. The lowest BCUT2D eigenvalue weighted by atomic mass is 10.3. The van der Waals surface area contributed by atoms with Gasteiger partial charge in [-0.2, -0.15) is 5.10 Å². The van der Waals surface area contributed by atoms with E-state index in [0.29, 0.717) is 0 Å². The second-order valence-corrected chi connectivity index (χ2v) is 6.83. The van der Waals surface area contributed by atoms with Gasteiger partial charge in [-0.1, -0.05) is 0 Å². The normalized spacial score (nSPS) is 11.7. The van der Waals surface area contributed by atoms with Crippen LogP contribution in [0.1, 0.15) is 10.4 Å². The zero-order chi connectivity index (χ0) is 16.3. The van der Waals surface area contributed by atoms with Crippen LogP contribution in [-0.2, 0) is 10.0 Å². The summed E-state index contributed by atoms with van der Waals surface area (Å²) >= 11 is 1.48. The average molecular weight is 340 g/mol. The van der Waals surface area contributed by atoms with Gasteiger partial charge < -0.3 is 0 Å². The molecular weight excluding hydrogens is 328 g/mol. The number of hydrazone groups is 1. The molecule has 3 N–H and O–H groups in total. The first kappa shape index (κ1) is 16.1. The molecule has 1 aromatic heterocycles. The third-order valence-corrected chi connectivity index (χ3v) is 4.63. The number of benzene rings is 1. The third kappa shape index (κ3) is 3.67. The summed E-state index contributed by atoms with van der Waals surface area (Å²) in [5.41, 5.74) is 3.22. The Labute approximate surface area is 130 Å². The number of nitro groups is 1. The van der Waals surface area contributed by atoms with Crippen LogP contribution in [0.15, 0.2) is 39.6 Å². The summed E-state index contributed by atoms with van der Waals surface area (Å²) in [6, 6.07) is 5.24. The van der Waals surface area contributed by atoms with Crippen LogP contribution >= 0.6 is 11.3 Å². The second-order valence-electron chi connectivity index (χ2n) is 4.32. The number of aryl methyl sites for hydroxylation is 1. The summed E-state index contributed by atoms with van der Waals surface area (Å²) in [5.74, 6) is 0. The molecule has 0 spiro atoms. The van der Waals surface area contributed by atoms with Gasteiger partial charge in [0.05, 0.1) is 16.0 Å². The van der Waals surface area contributed by atoms with Crippen LogP contribution in [-0.4, -0.2) is 19.6 Å². The molecule has 8 nitrogen and oxygen atoms in total. The van der Waals surface area contributed by atoms with Crippen molar-refractivity contribution in [3.05, 3.63) is 50.2 Å². The number of nitrogens with two attached hydrogens (primary N) is 1. The van der Waals surface area contributed by atoms with Crippen molar-refractivity contribution in [3.63, 3.8) is 0 Å². The van der Waals surface area contributed by atoms with Crippen LogP contribution in [0.4, 0.5) is 11.4 Å². The smallest absolute Gasteiger partial charge is 0.272 e. The zero-order valence-electron chi connectivity index (χ0n) is 11.4. The predicted octanol–water partition coefficient (Wildman–Crippen LogP) is 2.06. The number of nitro benzene ring substituents is 1. The largest absolute Gasteiger partial charge is 0.295 e. The van der Waals surface area contributed by atoms with Crippen LogP contribution in [0.25, 0.3) is 0 Å². The summed E-state index contributed by atoms with van der Waals surface area (Å²) in [7, 11) is -4.01. The minimum atomic E-state index is -4.01. The molecule has 22 heavy (non-hydrogen) atoms. The molecule has 0 saturated heterocycles. The number of nitrogens with one attached hydrogen (secondary N) is 1. The quantitative estimate of drug-likeness (QED) is 0.489. The molecule has 0 radical (unpaired) electrons. The minimum absolute atomic E-state index is 0.0721. The van der Waals surface area contributed by atoms with Gasteiger partial charge in [0, 0.05) is 10.9 Å². The maximum Gasteiger partial charge on any atom is 0.295 e. The number of thiophene rings is 1. The van der Waals surface area contributed by atoms with E-state index in [0.717, 1.165) is 16.5 Å². The Hall–Kier alpha value is -2.30. The lowest BCUT2D eigenvalue weighted by Gasteiger charge is -2.04. The molecule has 0 aliphatic rings. The number of rotatable bonds is 5. The van der Waals surface area contributed by atoms with Gasteiger partial charge in [0.15, 0.2) is 0 Å². The minimum Gasteiger partial charge on any atom is -0.272 e. The van der Waals surface area contributed by atoms with E-state index in [1.54, 1.807) is 0 Å². The van der Waals surface area contributed by atoms with Crippen LogP contribution in [0.3, 0.4) is 0 Å². The third-order valence-electron chi connectivity index (χ3n) is 2.76. The molecule has 0 amide bonds. The van der Waals surface area contributed by atoms with E-state index in [-0.39, 0.29) is 10.6 Å². The highest BCUT2D eigenvalue weighted by Gasteiger charge is 2.18. The first-order chi connectivity index (χ1) is 10.3. The molecule has 0 atom stereocenters. The number of sulfonamides is 1. The van der Waals surface area contributed by atoms with Crippen LogP contribution < -0.4 is 10.6 Å². The number of anilines is 1. The first-order valence-electron chi connectivity index (χ1n) is 5.93. The van der Waals surface area contributed by atoms with Crippen molar-refractivity contribution in [1.82, 2.24) is 0 Å². The predicted molar refractivity (Wildman–Crippen MR) is 84.7 cm³/mol. The number of primary sulfonamides is 1. The van der Waals surface area contributed by atoms with Gasteiger partial charge in [-0.15, -0.1) is 11.3 Å². The average Bonchev–Trinajstić information content (AvgIpc) is 2.83. The van der Waals surface area contributed by atoms with Gasteiger partial charge in [-0.3, -0.25) is 15.5 Å². The Kier molecular flexibility index (Phi) is 4.54. The van der Waals surface area contributed by atoms with Crippen LogP contribution in [0.2, 0.25) is 0 Å². The Morgan fingerprint density at radius 1 is 1.41 bits per heavy atom. The number of nitrogens with zero attached hydrogens (tertiary/aromatic N) is 2. The van der Waals surface area contributed by atoms with E-state index >= 15 is 0 Å².